The maximum absolute atomic E-state index is 6.22. The van der Waals surface area contributed by atoms with Crippen molar-refractivity contribution in [2.45, 2.75) is 25.8 Å². The summed E-state index contributed by atoms with van der Waals surface area (Å²) < 4.78 is 2.25. The molecule has 2 nitrogen and oxygen atoms in total. The van der Waals surface area contributed by atoms with Gasteiger partial charge in [0, 0.05) is 12.3 Å². The summed E-state index contributed by atoms with van der Waals surface area (Å²) >= 11 is 8.06. The summed E-state index contributed by atoms with van der Waals surface area (Å²) in [4.78, 5) is 4.69. The Morgan fingerprint density at radius 2 is 2.24 bits per heavy atom. The van der Waals surface area contributed by atoms with Gasteiger partial charge in [-0.2, -0.15) is 11.8 Å². The summed E-state index contributed by atoms with van der Waals surface area (Å²) in [7, 11) is 0. The SMILES string of the molecule is CSCCn1c(C(C)Cl)nc2c(C)cccc21. The van der Waals surface area contributed by atoms with E-state index >= 15 is 0 Å². The zero-order valence-corrected chi connectivity index (χ0v) is 12.0. The van der Waals surface area contributed by atoms with Crippen LogP contribution in [0, 0.1) is 6.92 Å². The molecule has 2 aromatic rings. The molecule has 0 aliphatic carbocycles. The maximum Gasteiger partial charge on any atom is 0.127 e. The number of nitrogens with zero attached hydrogens (tertiary/aromatic N) is 2. The molecule has 0 amide bonds. The molecule has 2 rings (SSSR count). The van der Waals surface area contributed by atoms with E-state index in [4.69, 9.17) is 11.6 Å². The minimum absolute atomic E-state index is 0.0522. The van der Waals surface area contributed by atoms with Crippen LogP contribution in [0.25, 0.3) is 11.0 Å². The zero-order valence-electron chi connectivity index (χ0n) is 10.4. The average molecular weight is 269 g/mol. The molecule has 0 spiro atoms. The van der Waals surface area contributed by atoms with Crippen molar-refractivity contribution in [1.82, 2.24) is 9.55 Å². The first-order valence-corrected chi connectivity index (χ1v) is 7.57. The smallest absolute Gasteiger partial charge is 0.127 e. The van der Waals surface area contributed by atoms with E-state index in [1.807, 2.05) is 18.7 Å². The molecular weight excluding hydrogens is 252 g/mol. The summed E-state index contributed by atoms with van der Waals surface area (Å²) in [6.45, 7) is 5.04. The van der Waals surface area contributed by atoms with Crippen LogP contribution >= 0.6 is 23.4 Å². The van der Waals surface area contributed by atoms with Crippen molar-refractivity contribution >= 4 is 34.4 Å². The number of imidazole rings is 1. The molecule has 0 saturated carbocycles. The van der Waals surface area contributed by atoms with Crippen LogP contribution in [-0.4, -0.2) is 21.6 Å². The highest BCUT2D eigenvalue weighted by Gasteiger charge is 2.15. The second-order valence-electron chi connectivity index (χ2n) is 4.17. The molecule has 0 N–H and O–H groups in total. The number of rotatable bonds is 4. The molecule has 0 aliphatic rings. The van der Waals surface area contributed by atoms with Gasteiger partial charge in [-0.1, -0.05) is 12.1 Å². The van der Waals surface area contributed by atoms with Gasteiger partial charge in [0.2, 0.25) is 0 Å². The molecule has 92 valence electrons. The summed E-state index contributed by atoms with van der Waals surface area (Å²) in [6.07, 6.45) is 2.12. The lowest BCUT2D eigenvalue weighted by Gasteiger charge is -2.09. The van der Waals surface area contributed by atoms with Gasteiger partial charge in [0.1, 0.15) is 5.82 Å². The fourth-order valence-electron chi connectivity index (χ4n) is 2.03. The minimum Gasteiger partial charge on any atom is -0.326 e. The quantitative estimate of drug-likeness (QED) is 0.780. The Balaban J connectivity index is 2.59. The minimum atomic E-state index is -0.0522. The first kappa shape index (κ1) is 12.8. The van der Waals surface area contributed by atoms with E-state index in [1.165, 1.54) is 11.1 Å². The van der Waals surface area contributed by atoms with Gasteiger partial charge in [-0.15, -0.1) is 11.6 Å². The highest BCUT2D eigenvalue weighted by Crippen LogP contribution is 2.26. The normalized spacial score (nSPS) is 13.2. The molecule has 17 heavy (non-hydrogen) atoms. The van der Waals surface area contributed by atoms with Gasteiger partial charge in [-0.3, -0.25) is 0 Å². The van der Waals surface area contributed by atoms with Crippen LogP contribution in [0.5, 0.6) is 0 Å². The fraction of sp³-hybridized carbons (Fsp3) is 0.462. The maximum atomic E-state index is 6.22. The predicted octanol–water partition coefficient (Wildman–Crippen LogP) is 4.01. The average Bonchev–Trinajstić information content (AvgIpc) is 2.67. The molecule has 4 heteroatoms. The molecular formula is C13H17ClN2S. The van der Waals surface area contributed by atoms with Crippen molar-refractivity contribution < 1.29 is 0 Å². The van der Waals surface area contributed by atoms with E-state index in [0.29, 0.717) is 0 Å². The standard InChI is InChI=1S/C13H17ClN2S/c1-9-5-4-6-11-12(9)15-13(10(2)14)16(11)7-8-17-3/h4-6,10H,7-8H2,1-3H3. The first-order valence-electron chi connectivity index (χ1n) is 5.74. The largest absolute Gasteiger partial charge is 0.326 e. The van der Waals surface area contributed by atoms with Crippen molar-refractivity contribution in [2.24, 2.45) is 0 Å². The van der Waals surface area contributed by atoms with Crippen molar-refractivity contribution in [2.75, 3.05) is 12.0 Å². The highest BCUT2D eigenvalue weighted by molar-refractivity contribution is 7.98. The van der Waals surface area contributed by atoms with Crippen LogP contribution < -0.4 is 0 Å². The van der Waals surface area contributed by atoms with Crippen LogP contribution in [0.2, 0.25) is 0 Å². The second-order valence-corrected chi connectivity index (χ2v) is 5.81. The van der Waals surface area contributed by atoms with Gasteiger partial charge in [0.15, 0.2) is 0 Å². The molecule has 1 aromatic heterocycles. The van der Waals surface area contributed by atoms with Crippen LogP contribution in [0.15, 0.2) is 18.2 Å². The Kier molecular flexibility index (Phi) is 4.00. The van der Waals surface area contributed by atoms with Gasteiger partial charge in [0.05, 0.1) is 16.4 Å². The van der Waals surface area contributed by atoms with Crippen LogP contribution in [0.3, 0.4) is 0 Å². The molecule has 0 radical (unpaired) electrons. The number of hydrogen-bond donors (Lipinski definition) is 0. The van der Waals surface area contributed by atoms with E-state index in [2.05, 4.69) is 40.9 Å². The molecule has 1 heterocycles. The Labute approximate surface area is 111 Å². The Bertz CT molecular complexity index is 519. The number of alkyl halides is 1. The lowest BCUT2D eigenvalue weighted by molar-refractivity contribution is 0.724. The predicted molar refractivity (Wildman–Crippen MR) is 77.1 cm³/mol. The van der Waals surface area contributed by atoms with Gasteiger partial charge in [-0.25, -0.2) is 4.98 Å². The Hall–Kier alpha value is -0.670. The number of para-hydroxylation sites is 1. The third kappa shape index (κ3) is 2.45. The first-order chi connectivity index (χ1) is 8.15. The third-order valence-corrected chi connectivity index (χ3v) is 3.67. The van der Waals surface area contributed by atoms with Gasteiger partial charge in [0.25, 0.3) is 0 Å². The van der Waals surface area contributed by atoms with E-state index in [-0.39, 0.29) is 5.38 Å². The van der Waals surface area contributed by atoms with Crippen molar-refractivity contribution in [3.05, 3.63) is 29.6 Å². The number of aryl methyl sites for hydroxylation is 2. The fourth-order valence-corrected chi connectivity index (χ4v) is 2.56. The van der Waals surface area contributed by atoms with E-state index in [9.17, 15) is 0 Å². The molecule has 1 atom stereocenters. The van der Waals surface area contributed by atoms with Crippen LogP contribution in [-0.2, 0) is 6.54 Å². The summed E-state index contributed by atoms with van der Waals surface area (Å²) in [5.41, 5.74) is 3.49. The van der Waals surface area contributed by atoms with Gasteiger partial charge < -0.3 is 4.57 Å². The van der Waals surface area contributed by atoms with Crippen LogP contribution in [0.1, 0.15) is 23.7 Å². The molecule has 0 fully saturated rings. The second kappa shape index (κ2) is 5.32. The summed E-state index contributed by atoms with van der Waals surface area (Å²) in [5, 5.41) is -0.0522. The molecule has 0 saturated heterocycles. The lowest BCUT2D eigenvalue weighted by Crippen LogP contribution is -2.06. The molecule has 0 bridgehead atoms. The number of thioether (sulfide) groups is 1. The lowest BCUT2D eigenvalue weighted by atomic mass is 10.2. The molecule has 1 unspecified atom stereocenters. The molecule has 0 aliphatic heterocycles. The number of hydrogen-bond acceptors (Lipinski definition) is 2. The summed E-state index contributed by atoms with van der Waals surface area (Å²) in [5.74, 6) is 2.06. The monoisotopic (exact) mass is 268 g/mol. The number of fused-ring (bicyclic) bond motifs is 1. The van der Waals surface area contributed by atoms with Crippen molar-refractivity contribution in [3.63, 3.8) is 0 Å². The number of benzene rings is 1. The van der Waals surface area contributed by atoms with Crippen LogP contribution in [0.4, 0.5) is 0 Å². The van der Waals surface area contributed by atoms with E-state index in [0.717, 1.165) is 23.6 Å². The summed E-state index contributed by atoms with van der Waals surface area (Å²) in [6, 6.07) is 6.30. The number of aromatic nitrogens is 2. The van der Waals surface area contributed by atoms with Crippen molar-refractivity contribution in [3.8, 4) is 0 Å². The topological polar surface area (TPSA) is 17.8 Å². The third-order valence-electron chi connectivity index (χ3n) is 2.88. The van der Waals surface area contributed by atoms with Gasteiger partial charge >= 0.3 is 0 Å². The van der Waals surface area contributed by atoms with E-state index < -0.39 is 0 Å². The Morgan fingerprint density at radius 1 is 1.47 bits per heavy atom. The highest BCUT2D eigenvalue weighted by atomic mass is 35.5. The zero-order chi connectivity index (χ0) is 12.4. The van der Waals surface area contributed by atoms with Gasteiger partial charge in [-0.05, 0) is 31.7 Å². The Morgan fingerprint density at radius 3 is 2.88 bits per heavy atom. The molecule has 1 aromatic carbocycles. The number of halogens is 1. The van der Waals surface area contributed by atoms with E-state index in [1.54, 1.807) is 0 Å². The van der Waals surface area contributed by atoms with Crippen molar-refractivity contribution in [1.29, 1.82) is 0 Å².